The molecule has 4 rings (SSSR count). The molecule has 34 heavy (non-hydrogen) atoms. The van der Waals surface area contributed by atoms with Crippen LogP contribution in [0.5, 0.6) is 11.5 Å². The van der Waals surface area contributed by atoms with Crippen LogP contribution in [0, 0.1) is 17.6 Å². The van der Waals surface area contributed by atoms with Gasteiger partial charge in [0, 0.05) is 31.7 Å². The Hall–Kier alpha value is -3.37. The van der Waals surface area contributed by atoms with Gasteiger partial charge in [0.1, 0.15) is 11.6 Å². The van der Waals surface area contributed by atoms with Crippen molar-refractivity contribution in [1.29, 1.82) is 0 Å². The predicted molar refractivity (Wildman–Crippen MR) is 120 cm³/mol. The fraction of sp³-hybridized carbons (Fsp3) is 0.250. The third-order valence-corrected chi connectivity index (χ3v) is 7.51. The number of ether oxygens (including phenoxy) is 1. The topological polar surface area (TPSA) is 88.6 Å². The first-order valence-corrected chi connectivity index (χ1v) is 12.2. The summed E-state index contributed by atoms with van der Waals surface area (Å²) in [5.41, 5.74) is 0.570. The van der Waals surface area contributed by atoms with E-state index in [1.54, 1.807) is 24.4 Å². The number of nitrogens with zero attached hydrogens (tertiary/aromatic N) is 2. The molecule has 0 bridgehead atoms. The van der Waals surface area contributed by atoms with Gasteiger partial charge >= 0.3 is 0 Å². The van der Waals surface area contributed by atoms with Crippen LogP contribution in [0.4, 0.5) is 8.78 Å². The molecule has 1 aromatic heterocycles. The molecule has 2 aromatic carbocycles. The third-order valence-electron chi connectivity index (χ3n) is 5.60. The Morgan fingerprint density at radius 3 is 2.47 bits per heavy atom. The SMILES string of the molecule is O=C(NCc1ccc(Oc2cccnc2)c(F)c1)C1CCN(S(=O)(=O)c2ccc(F)cc2)CC1. The number of piperidine rings is 1. The van der Waals surface area contributed by atoms with Gasteiger partial charge in [-0.25, -0.2) is 17.2 Å². The average molecular weight is 488 g/mol. The number of carbonyl (C=O) groups excluding carboxylic acids is 1. The van der Waals surface area contributed by atoms with E-state index in [4.69, 9.17) is 4.74 Å². The molecule has 0 spiro atoms. The number of amides is 1. The van der Waals surface area contributed by atoms with Crippen molar-refractivity contribution in [2.45, 2.75) is 24.3 Å². The van der Waals surface area contributed by atoms with Crippen LogP contribution in [0.1, 0.15) is 18.4 Å². The minimum absolute atomic E-state index is 0.0229. The summed E-state index contributed by atoms with van der Waals surface area (Å²) in [6, 6.07) is 12.5. The number of hydrogen-bond acceptors (Lipinski definition) is 5. The third kappa shape index (κ3) is 5.57. The van der Waals surface area contributed by atoms with E-state index < -0.39 is 21.7 Å². The predicted octanol–water partition coefficient (Wildman–Crippen LogP) is 3.87. The molecule has 2 heterocycles. The molecule has 1 N–H and O–H groups in total. The number of pyridine rings is 1. The highest BCUT2D eigenvalue weighted by Crippen LogP contribution is 2.26. The highest BCUT2D eigenvalue weighted by Gasteiger charge is 2.32. The van der Waals surface area contributed by atoms with E-state index in [0.717, 1.165) is 12.1 Å². The van der Waals surface area contributed by atoms with Gasteiger partial charge in [0.25, 0.3) is 0 Å². The lowest BCUT2D eigenvalue weighted by atomic mass is 9.97. The first-order valence-electron chi connectivity index (χ1n) is 10.7. The second-order valence-electron chi connectivity index (χ2n) is 7.91. The summed E-state index contributed by atoms with van der Waals surface area (Å²) < 4.78 is 59.7. The number of aromatic nitrogens is 1. The van der Waals surface area contributed by atoms with E-state index in [2.05, 4.69) is 10.3 Å². The van der Waals surface area contributed by atoms with Crippen LogP contribution in [0.2, 0.25) is 0 Å². The van der Waals surface area contributed by atoms with E-state index >= 15 is 0 Å². The lowest BCUT2D eigenvalue weighted by molar-refractivity contribution is -0.126. The van der Waals surface area contributed by atoms with Crippen molar-refractivity contribution in [2.24, 2.45) is 5.92 Å². The molecule has 1 fully saturated rings. The Kier molecular flexibility index (Phi) is 7.18. The number of hydrogen-bond donors (Lipinski definition) is 1. The second-order valence-corrected chi connectivity index (χ2v) is 9.84. The van der Waals surface area contributed by atoms with Crippen LogP contribution >= 0.6 is 0 Å². The van der Waals surface area contributed by atoms with Gasteiger partial charge in [-0.2, -0.15) is 4.31 Å². The van der Waals surface area contributed by atoms with Crippen LogP contribution in [-0.2, 0) is 21.4 Å². The van der Waals surface area contributed by atoms with Crippen LogP contribution in [-0.4, -0.2) is 36.7 Å². The molecular weight excluding hydrogens is 464 g/mol. The minimum atomic E-state index is -3.74. The molecule has 1 saturated heterocycles. The highest BCUT2D eigenvalue weighted by molar-refractivity contribution is 7.89. The van der Waals surface area contributed by atoms with Gasteiger partial charge in [-0.05, 0) is 66.9 Å². The Morgan fingerprint density at radius 1 is 1.09 bits per heavy atom. The van der Waals surface area contributed by atoms with Crippen molar-refractivity contribution in [1.82, 2.24) is 14.6 Å². The smallest absolute Gasteiger partial charge is 0.243 e. The number of carbonyl (C=O) groups is 1. The van der Waals surface area contributed by atoms with Crippen molar-refractivity contribution in [3.05, 3.63) is 84.2 Å². The first kappa shape index (κ1) is 23.8. The molecule has 0 atom stereocenters. The van der Waals surface area contributed by atoms with Crippen molar-refractivity contribution in [3.63, 3.8) is 0 Å². The van der Waals surface area contributed by atoms with Gasteiger partial charge in [-0.1, -0.05) is 6.07 Å². The molecule has 0 aliphatic carbocycles. The van der Waals surface area contributed by atoms with E-state index in [-0.39, 0.29) is 42.1 Å². The molecule has 0 unspecified atom stereocenters. The summed E-state index contributed by atoms with van der Waals surface area (Å²) in [5, 5.41) is 2.79. The van der Waals surface area contributed by atoms with Gasteiger partial charge < -0.3 is 10.1 Å². The monoisotopic (exact) mass is 487 g/mol. The quantitative estimate of drug-likeness (QED) is 0.547. The molecule has 0 radical (unpaired) electrons. The summed E-state index contributed by atoms with van der Waals surface area (Å²) in [4.78, 5) is 16.5. The Balaban J connectivity index is 1.29. The summed E-state index contributed by atoms with van der Waals surface area (Å²) in [6.07, 6.45) is 3.78. The normalized spacial score (nSPS) is 15.1. The van der Waals surface area contributed by atoms with E-state index in [9.17, 15) is 22.0 Å². The number of benzene rings is 2. The van der Waals surface area contributed by atoms with Gasteiger partial charge in [0.2, 0.25) is 15.9 Å². The van der Waals surface area contributed by atoms with E-state index in [1.165, 1.54) is 34.8 Å². The minimum Gasteiger partial charge on any atom is -0.453 e. The molecule has 1 amide bonds. The molecule has 1 aliphatic rings. The van der Waals surface area contributed by atoms with Crippen molar-refractivity contribution < 1.29 is 26.7 Å². The van der Waals surface area contributed by atoms with Crippen molar-refractivity contribution >= 4 is 15.9 Å². The molecule has 7 nitrogen and oxygen atoms in total. The fourth-order valence-electron chi connectivity index (χ4n) is 3.72. The Labute approximate surface area is 196 Å². The number of sulfonamides is 1. The van der Waals surface area contributed by atoms with E-state index in [1.807, 2.05) is 0 Å². The molecule has 10 heteroatoms. The first-order chi connectivity index (χ1) is 16.3. The van der Waals surface area contributed by atoms with Crippen molar-refractivity contribution in [2.75, 3.05) is 13.1 Å². The van der Waals surface area contributed by atoms with E-state index in [0.29, 0.717) is 24.2 Å². The zero-order valence-corrected chi connectivity index (χ0v) is 19.0. The molecule has 1 aliphatic heterocycles. The van der Waals surface area contributed by atoms with Gasteiger partial charge in [-0.15, -0.1) is 0 Å². The molecular formula is C24H23F2N3O4S. The standard InChI is InChI=1S/C24H23F2N3O4S/c25-19-4-6-21(7-5-19)34(31,32)29-12-9-18(10-13-29)24(30)28-15-17-3-8-23(22(26)14-17)33-20-2-1-11-27-16-20/h1-8,11,14,16,18H,9-10,12-13,15H2,(H,28,30). The Bertz CT molecular complexity index is 1250. The Morgan fingerprint density at radius 2 is 1.82 bits per heavy atom. The van der Waals surface area contributed by atoms with Crippen LogP contribution in [0.15, 0.2) is 71.9 Å². The zero-order valence-electron chi connectivity index (χ0n) is 18.2. The summed E-state index contributed by atoms with van der Waals surface area (Å²) >= 11 is 0. The van der Waals surface area contributed by atoms with Gasteiger partial charge in [0.05, 0.1) is 11.1 Å². The summed E-state index contributed by atoms with van der Waals surface area (Å²) in [7, 11) is -3.74. The van der Waals surface area contributed by atoms with Crippen LogP contribution in [0.25, 0.3) is 0 Å². The number of nitrogens with one attached hydrogen (secondary N) is 1. The summed E-state index contributed by atoms with van der Waals surface area (Å²) in [6.45, 7) is 0.511. The average Bonchev–Trinajstić information content (AvgIpc) is 2.85. The lowest BCUT2D eigenvalue weighted by Gasteiger charge is -2.30. The van der Waals surface area contributed by atoms with Crippen LogP contribution < -0.4 is 10.1 Å². The maximum atomic E-state index is 14.4. The summed E-state index contributed by atoms with van der Waals surface area (Å²) in [5.74, 6) is -1.17. The maximum Gasteiger partial charge on any atom is 0.243 e. The van der Waals surface area contributed by atoms with Gasteiger partial charge in [-0.3, -0.25) is 9.78 Å². The molecule has 0 saturated carbocycles. The lowest BCUT2D eigenvalue weighted by Crippen LogP contribution is -2.42. The zero-order chi connectivity index (χ0) is 24.1. The molecule has 3 aromatic rings. The second kappa shape index (κ2) is 10.3. The maximum absolute atomic E-state index is 14.4. The highest BCUT2D eigenvalue weighted by atomic mass is 32.2. The largest absolute Gasteiger partial charge is 0.453 e. The molecule has 178 valence electrons. The van der Waals surface area contributed by atoms with Gasteiger partial charge in [0.15, 0.2) is 11.6 Å². The number of halogens is 2. The fourth-order valence-corrected chi connectivity index (χ4v) is 5.19. The van der Waals surface area contributed by atoms with Crippen molar-refractivity contribution in [3.8, 4) is 11.5 Å². The van der Waals surface area contributed by atoms with Crippen LogP contribution in [0.3, 0.4) is 0 Å². The number of rotatable bonds is 7.